The van der Waals surface area contributed by atoms with Crippen molar-refractivity contribution in [3.8, 4) is 11.1 Å². The lowest BCUT2D eigenvalue weighted by Crippen LogP contribution is -1.98. The summed E-state index contributed by atoms with van der Waals surface area (Å²) >= 11 is 0. The van der Waals surface area contributed by atoms with E-state index in [1.165, 1.54) is 0 Å². The molecular formula is C14H14N2O. The van der Waals surface area contributed by atoms with Crippen LogP contribution in [0.15, 0.2) is 42.5 Å². The van der Waals surface area contributed by atoms with Crippen LogP contribution in [0, 0.1) is 0 Å². The minimum absolute atomic E-state index is 0.0380. The molecule has 0 aliphatic heterocycles. The molecule has 0 aromatic heterocycles. The average molecular weight is 226 g/mol. The van der Waals surface area contributed by atoms with Crippen LogP contribution < -0.4 is 11.5 Å². The second-order valence-electron chi connectivity index (χ2n) is 3.95. The molecule has 3 heteroatoms. The number of ketones is 1. The fraction of sp³-hybridized carbons (Fsp3) is 0.0714. The zero-order valence-electron chi connectivity index (χ0n) is 9.60. The number of nitrogens with two attached hydrogens (primary N) is 2. The standard InChI is InChI=1S/C14H14N2O/c1-9(17)11-4-2-3-5-12(11)10-6-7-13(15)14(16)8-10/h2-8H,15-16H2,1H3. The summed E-state index contributed by atoms with van der Waals surface area (Å²) in [5.41, 5.74) is 15.0. The fourth-order valence-electron chi connectivity index (χ4n) is 1.78. The zero-order valence-corrected chi connectivity index (χ0v) is 9.60. The first kappa shape index (κ1) is 11.2. The minimum Gasteiger partial charge on any atom is -0.397 e. The van der Waals surface area contributed by atoms with E-state index in [0.717, 1.165) is 11.1 Å². The topological polar surface area (TPSA) is 69.1 Å². The Balaban J connectivity index is 2.60. The molecule has 0 aliphatic rings. The molecule has 0 saturated carbocycles. The normalized spacial score (nSPS) is 10.2. The average Bonchev–Trinajstić information content (AvgIpc) is 2.32. The van der Waals surface area contributed by atoms with Gasteiger partial charge in [0.25, 0.3) is 0 Å². The van der Waals surface area contributed by atoms with E-state index >= 15 is 0 Å². The SMILES string of the molecule is CC(=O)c1ccccc1-c1ccc(N)c(N)c1. The molecule has 3 nitrogen and oxygen atoms in total. The number of hydrogen-bond donors (Lipinski definition) is 2. The first-order valence-corrected chi connectivity index (χ1v) is 5.35. The van der Waals surface area contributed by atoms with Crippen molar-refractivity contribution >= 4 is 17.2 Å². The van der Waals surface area contributed by atoms with Gasteiger partial charge in [-0.25, -0.2) is 0 Å². The van der Waals surface area contributed by atoms with Crippen LogP contribution in [0.4, 0.5) is 11.4 Å². The van der Waals surface area contributed by atoms with E-state index in [4.69, 9.17) is 11.5 Å². The number of benzene rings is 2. The lowest BCUT2D eigenvalue weighted by atomic mass is 9.97. The Hall–Kier alpha value is -2.29. The molecule has 0 aliphatic carbocycles. The highest BCUT2D eigenvalue weighted by atomic mass is 16.1. The van der Waals surface area contributed by atoms with Gasteiger partial charge in [0.15, 0.2) is 5.78 Å². The van der Waals surface area contributed by atoms with Crippen molar-refractivity contribution < 1.29 is 4.79 Å². The predicted molar refractivity (Wildman–Crippen MR) is 70.7 cm³/mol. The molecule has 0 unspecified atom stereocenters. The van der Waals surface area contributed by atoms with Crippen LogP contribution in [0.3, 0.4) is 0 Å². The maximum Gasteiger partial charge on any atom is 0.160 e. The van der Waals surface area contributed by atoms with Crippen LogP contribution in [0.5, 0.6) is 0 Å². The van der Waals surface area contributed by atoms with Gasteiger partial charge in [0.2, 0.25) is 0 Å². The Labute approximate surface area is 100 Å². The van der Waals surface area contributed by atoms with Gasteiger partial charge in [-0.15, -0.1) is 0 Å². The fourth-order valence-corrected chi connectivity index (χ4v) is 1.78. The molecule has 86 valence electrons. The highest BCUT2D eigenvalue weighted by Crippen LogP contribution is 2.28. The number of carbonyl (C=O) groups excluding carboxylic acids is 1. The number of hydrogen-bond acceptors (Lipinski definition) is 3. The largest absolute Gasteiger partial charge is 0.397 e. The maximum atomic E-state index is 11.5. The van der Waals surface area contributed by atoms with Crippen LogP contribution in [0.25, 0.3) is 11.1 Å². The van der Waals surface area contributed by atoms with Gasteiger partial charge in [-0.1, -0.05) is 30.3 Å². The quantitative estimate of drug-likeness (QED) is 0.611. The Kier molecular flexibility index (Phi) is 2.83. The summed E-state index contributed by atoms with van der Waals surface area (Å²) in [7, 11) is 0. The summed E-state index contributed by atoms with van der Waals surface area (Å²) in [4.78, 5) is 11.5. The molecule has 0 bridgehead atoms. The first-order valence-electron chi connectivity index (χ1n) is 5.35. The number of anilines is 2. The van der Waals surface area contributed by atoms with E-state index in [2.05, 4.69) is 0 Å². The number of Topliss-reactive ketones (excluding diaryl/α,β-unsaturated/α-hetero) is 1. The Morgan fingerprint density at radius 3 is 2.35 bits per heavy atom. The van der Waals surface area contributed by atoms with Crippen LogP contribution in [0.1, 0.15) is 17.3 Å². The highest BCUT2D eigenvalue weighted by Gasteiger charge is 2.08. The van der Waals surface area contributed by atoms with Gasteiger partial charge in [0, 0.05) is 5.56 Å². The third kappa shape index (κ3) is 2.13. The van der Waals surface area contributed by atoms with Crippen molar-refractivity contribution in [2.75, 3.05) is 11.5 Å². The zero-order chi connectivity index (χ0) is 12.4. The van der Waals surface area contributed by atoms with Gasteiger partial charge in [-0.2, -0.15) is 0 Å². The molecule has 2 aromatic carbocycles. The van der Waals surface area contributed by atoms with E-state index in [-0.39, 0.29) is 5.78 Å². The van der Waals surface area contributed by atoms with E-state index in [9.17, 15) is 4.79 Å². The number of carbonyl (C=O) groups is 1. The monoisotopic (exact) mass is 226 g/mol. The summed E-state index contributed by atoms with van der Waals surface area (Å²) in [5.74, 6) is 0.0380. The van der Waals surface area contributed by atoms with Gasteiger partial charge < -0.3 is 11.5 Å². The van der Waals surface area contributed by atoms with Crippen molar-refractivity contribution in [1.29, 1.82) is 0 Å². The molecular weight excluding hydrogens is 212 g/mol. The molecule has 4 N–H and O–H groups in total. The molecule has 0 spiro atoms. The maximum absolute atomic E-state index is 11.5. The van der Waals surface area contributed by atoms with Crippen LogP contribution in [-0.2, 0) is 0 Å². The van der Waals surface area contributed by atoms with Gasteiger partial charge in [-0.3, -0.25) is 4.79 Å². The molecule has 0 amide bonds. The smallest absolute Gasteiger partial charge is 0.160 e. The molecule has 17 heavy (non-hydrogen) atoms. The summed E-state index contributed by atoms with van der Waals surface area (Å²) < 4.78 is 0. The third-order valence-corrected chi connectivity index (χ3v) is 2.70. The Morgan fingerprint density at radius 2 is 1.71 bits per heavy atom. The van der Waals surface area contributed by atoms with Gasteiger partial charge >= 0.3 is 0 Å². The Bertz CT molecular complexity index is 576. The van der Waals surface area contributed by atoms with Crippen molar-refractivity contribution in [3.63, 3.8) is 0 Å². The minimum atomic E-state index is 0.0380. The third-order valence-electron chi connectivity index (χ3n) is 2.70. The second kappa shape index (κ2) is 4.29. The summed E-state index contributed by atoms with van der Waals surface area (Å²) in [5, 5.41) is 0. The molecule has 2 rings (SSSR count). The van der Waals surface area contributed by atoms with Crippen molar-refractivity contribution in [2.45, 2.75) is 6.92 Å². The lowest BCUT2D eigenvalue weighted by Gasteiger charge is -2.08. The van der Waals surface area contributed by atoms with E-state index < -0.39 is 0 Å². The number of nitrogen functional groups attached to an aromatic ring is 2. The molecule has 0 heterocycles. The van der Waals surface area contributed by atoms with Gasteiger partial charge in [0.05, 0.1) is 11.4 Å². The van der Waals surface area contributed by atoms with E-state index in [1.54, 1.807) is 19.1 Å². The van der Waals surface area contributed by atoms with E-state index in [0.29, 0.717) is 16.9 Å². The first-order chi connectivity index (χ1) is 8.09. The molecule has 2 aromatic rings. The van der Waals surface area contributed by atoms with Gasteiger partial charge in [-0.05, 0) is 30.2 Å². The molecule has 0 atom stereocenters. The lowest BCUT2D eigenvalue weighted by molar-refractivity contribution is 0.101. The molecule has 0 radical (unpaired) electrons. The predicted octanol–water partition coefficient (Wildman–Crippen LogP) is 2.72. The second-order valence-corrected chi connectivity index (χ2v) is 3.95. The summed E-state index contributed by atoms with van der Waals surface area (Å²) in [6.45, 7) is 1.56. The van der Waals surface area contributed by atoms with Crippen molar-refractivity contribution in [3.05, 3.63) is 48.0 Å². The van der Waals surface area contributed by atoms with Crippen LogP contribution in [0.2, 0.25) is 0 Å². The highest BCUT2D eigenvalue weighted by molar-refractivity contribution is 6.01. The van der Waals surface area contributed by atoms with Crippen LogP contribution in [-0.4, -0.2) is 5.78 Å². The summed E-state index contributed by atoms with van der Waals surface area (Å²) in [6, 6.07) is 12.9. The van der Waals surface area contributed by atoms with Crippen molar-refractivity contribution in [2.24, 2.45) is 0 Å². The molecule has 0 fully saturated rings. The van der Waals surface area contributed by atoms with E-state index in [1.807, 2.05) is 30.3 Å². The summed E-state index contributed by atoms with van der Waals surface area (Å²) in [6.07, 6.45) is 0. The van der Waals surface area contributed by atoms with Crippen LogP contribution >= 0.6 is 0 Å². The number of rotatable bonds is 2. The van der Waals surface area contributed by atoms with Crippen molar-refractivity contribution in [1.82, 2.24) is 0 Å². The Morgan fingerprint density at radius 1 is 1.00 bits per heavy atom. The molecule has 0 saturated heterocycles. The van der Waals surface area contributed by atoms with Gasteiger partial charge in [0.1, 0.15) is 0 Å².